The number of benzene rings is 2. The molecule has 1 fully saturated rings. The monoisotopic (exact) mass is 405 g/mol. The fourth-order valence-corrected chi connectivity index (χ4v) is 4.04. The molecule has 4 rings (SSSR count). The van der Waals surface area contributed by atoms with Gasteiger partial charge in [0.1, 0.15) is 12.1 Å². The lowest BCUT2D eigenvalue weighted by atomic mass is 9.93. The molecule has 0 spiro atoms. The van der Waals surface area contributed by atoms with Gasteiger partial charge < -0.3 is 10.2 Å². The van der Waals surface area contributed by atoms with Crippen LogP contribution in [0, 0.1) is 5.92 Å². The summed E-state index contributed by atoms with van der Waals surface area (Å²) in [5, 5.41) is 11.3. The molecule has 1 atom stereocenters. The van der Waals surface area contributed by atoms with Crippen LogP contribution in [0.5, 0.6) is 0 Å². The number of amides is 2. The topological polar surface area (TPSA) is 80.1 Å². The van der Waals surface area contributed by atoms with Gasteiger partial charge in [0.25, 0.3) is 0 Å². The number of aromatic nitrogens is 3. The van der Waals surface area contributed by atoms with Gasteiger partial charge in [-0.3, -0.25) is 9.59 Å². The molecule has 1 aromatic heterocycles. The molecule has 0 radical (unpaired) electrons. The summed E-state index contributed by atoms with van der Waals surface area (Å²) in [4.78, 5) is 27.0. The molecule has 156 valence electrons. The predicted octanol–water partition coefficient (Wildman–Crippen LogP) is 2.94. The highest BCUT2D eigenvalue weighted by Gasteiger charge is 2.25. The largest absolute Gasteiger partial charge is 0.350 e. The number of likely N-dealkylation sites (tertiary alicyclic amines) is 1. The number of carbonyl (C=O) groups excluding carboxylic acids is 2. The van der Waals surface area contributed by atoms with E-state index in [0.29, 0.717) is 25.4 Å². The predicted molar refractivity (Wildman–Crippen MR) is 114 cm³/mol. The van der Waals surface area contributed by atoms with E-state index in [9.17, 15) is 9.59 Å². The lowest BCUT2D eigenvalue weighted by Gasteiger charge is -2.32. The van der Waals surface area contributed by atoms with E-state index in [0.717, 1.165) is 29.4 Å². The summed E-state index contributed by atoms with van der Waals surface area (Å²) in [5.74, 6) is 0.431. The molecule has 7 heteroatoms. The molecule has 1 unspecified atom stereocenters. The smallest absolute Gasteiger partial charge is 0.244 e. The number of para-hydroxylation sites is 1. The lowest BCUT2D eigenvalue weighted by molar-refractivity contribution is -0.133. The molecule has 0 aliphatic carbocycles. The van der Waals surface area contributed by atoms with Crippen molar-refractivity contribution in [2.75, 3.05) is 13.1 Å². The maximum Gasteiger partial charge on any atom is 0.244 e. The maximum atomic E-state index is 12.7. The molecule has 3 aromatic rings. The quantitative estimate of drug-likeness (QED) is 0.684. The standard InChI is InChI=1S/C23H27N5O2/c1-17(19-7-3-2-4-8-19)24-22(29)15-18-11-13-27(14-12-18)23(30)16-28-21-10-6-5-9-20(21)25-26-28/h2-10,17-18H,11-16H2,1H3,(H,24,29). The van der Waals surface area contributed by atoms with E-state index in [1.165, 1.54) is 0 Å². The molecule has 2 heterocycles. The molecule has 30 heavy (non-hydrogen) atoms. The van der Waals surface area contributed by atoms with E-state index in [1.807, 2.05) is 66.4 Å². The minimum absolute atomic E-state index is 0.00197. The highest BCUT2D eigenvalue weighted by molar-refractivity contribution is 5.80. The van der Waals surface area contributed by atoms with Crippen LogP contribution in [-0.4, -0.2) is 44.8 Å². The molecule has 2 amide bonds. The summed E-state index contributed by atoms with van der Waals surface area (Å²) in [5.41, 5.74) is 2.76. The third kappa shape index (κ3) is 4.67. The van der Waals surface area contributed by atoms with E-state index >= 15 is 0 Å². The second kappa shape index (κ2) is 9.07. The number of piperidine rings is 1. The summed E-state index contributed by atoms with van der Waals surface area (Å²) in [6.07, 6.45) is 2.20. The van der Waals surface area contributed by atoms with Gasteiger partial charge in [0.05, 0.1) is 11.6 Å². The van der Waals surface area contributed by atoms with Crippen molar-refractivity contribution in [1.82, 2.24) is 25.2 Å². The fraction of sp³-hybridized carbons (Fsp3) is 0.391. The summed E-state index contributed by atoms with van der Waals surface area (Å²) >= 11 is 0. The Balaban J connectivity index is 1.24. The van der Waals surface area contributed by atoms with Gasteiger partial charge in [0, 0.05) is 19.5 Å². The number of fused-ring (bicyclic) bond motifs is 1. The van der Waals surface area contributed by atoms with Crippen LogP contribution in [-0.2, 0) is 16.1 Å². The number of hydrogen-bond donors (Lipinski definition) is 1. The average Bonchev–Trinajstić information content (AvgIpc) is 3.17. The highest BCUT2D eigenvalue weighted by Crippen LogP contribution is 2.22. The number of rotatable bonds is 6. The third-order valence-corrected chi connectivity index (χ3v) is 5.82. The number of carbonyl (C=O) groups is 2. The van der Waals surface area contributed by atoms with Crippen molar-refractivity contribution < 1.29 is 9.59 Å². The van der Waals surface area contributed by atoms with Crippen LogP contribution in [0.1, 0.15) is 37.8 Å². The van der Waals surface area contributed by atoms with E-state index in [-0.39, 0.29) is 24.4 Å². The Kier molecular flexibility index (Phi) is 6.07. The van der Waals surface area contributed by atoms with E-state index < -0.39 is 0 Å². The van der Waals surface area contributed by atoms with Crippen molar-refractivity contribution in [3.8, 4) is 0 Å². The van der Waals surface area contributed by atoms with Crippen LogP contribution in [0.25, 0.3) is 11.0 Å². The Bertz CT molecular complexity index is 1010. The summed E-state index contributed by atoms with van der Waals surface area (Å²) in [6, 6.07) is 17.6. The van der Waals surface area contributed by atoms with Crippen LogP contribution in [0.4, 0.5) is 0 Å². The first kappa shape index (κ1) is 20.1. The van der Waals surface area contributed by atoms with Gasteiger partial charge in [0.2, 0.25) is 11.8 Å². The Morgan fingerprint density at radius 1 is 1.07 bits per heavy atom. The molecule has 2 aromatic carbocycles. The van der Waals surface area contributed by atoms with E-state index in [2.05, 4.69) is 15.6 Å². The van der Waals surface area contributed by atoms with Gasteiger partial charge in [-0.2, -0.15) is 0 Å². The zero-order chi connectivity index (χ0) is 20.9. The van der Waals surface area contributed by atoms with Gasteiger partial charge in [-0.15, -0.1) is 5.10 Å². The number of nitrogens with zero attached hydrogens (tertiary/aromatic N) is 4. The van der Waals surface area contributed by atoms with E-state index in [4.69, 9.17) is 0 Å². The van der Waals surface area contributed by atoms with Gasteiger partial charge in [-0.1, -0.05) is 47.7 Å². The average molecular weight is 406 g/mol. The minimum atomic E-state index is -0.00197. The van der Waals surface area contributed by atoms with Gasteiger partial charge in [-0.25, -0.2) is 4.68 Å². The first-order valence-corrected chi connectivity index (χ1v) is 10.5. The molecular weight excluding hydrogens is 378 g/mol. The molecule has 0 bridgehead atoms. The molecule has 1 aliphatic rings. The van der Waals surface area contributed by atoms with Gasteiger partial charge >= 0.3 is 0 Å². The van der Waals surface area contributed by atoms with Crippen LogP contribution in [0.3, 0.4) is 0 Å². The first-order valence-electron chi connectivity index (χ1n) is 10.5. The Morgan fingerprint density at radius 3 is 2.53 bits per heavy atom. The third-order valence-electron chi connectivity index (χ3n) is 5.82. The lowest BCUT2D eigenvalue weighted by Crippen LogP contribution is -2.41. The molecule has 7 nitrogen and oxygen atoms in total. The SMILES string of the molecule is CC(NC(=O)CC1CCN(C(=O)Cn2nnc3ccccc32)CC1)c1ccccc1. The zero-order valence-corrected chi connectivity index (χ0v) is 17.2. The van der Waals surface area contributed by atoms with Gasteiger partial charge in [0.15, 0.2) is 0 Å². The number of nitrogens with one attached hydrogen (secondary N) is 1. The Labute approximate surface area is 176 Å². The fourth-order valence-electron chi connectivity index (χ4n) is 4.04. The highest BCUT2D eigenvalue weighted by atomic mass is 16.2. The Hall–Kier alpha value is -3.22. The van der Waals surface area contributed by atoms with Crippen molar-refractivity contribution in [1.29, 1.82) is 0 Å². The molecule has 1 aliphatic heterocycles. The zero-order valence-electron chi connectivity index (χ0n) is 17.2. The molecule has 0 saturated carbocycles. The van der Waals surface area contributed by atoms with Gasteiger partial charge in [-0.05, 0) is 43.4 Å². The summed E-state index contributed by atoms with van der Waals surface area (Å²) < 4.78 is 1.65. The normalized spacial score (nSPS) is 15.8. The van der Waals surface area contributed by atoms with Crippen molar-refractivity contribution in [2.45, 2.75) is 38.8 Å². The first-order chi connectivity index (χ1) is 14.6. The van der Waals surface area contributed by atoms with Crippen LogP contribution < -0.4 is 5.32 Å². The second-order valence-electron chi connectivity index (χ2n) is 7.96. The van der Waals surface area contributed by atoms with Crippen LogP contribution >= 0.6 is 0 Å². The molecular formula is C23H27N5O2. The van der Waals surface area contributed by atoms with Crippen molar-refractivity contribution in [3.63, 3.8) is 0 Å². The molecule has 1 saturated heterocycles. The van der Waals surface area contributed by atoms with E-state index in [1.54, 1.807) is 4.68 Å². The van der Waals surface area contributed by atoms with Crippen LogP contribution in [0.15, 0.2) is 54.6 Å². The van der Waals surface area contributed by atoms with Crippen LogP contribution in [0.2, 0.25) is 0 Å². The van der Waals surface area contributed by atoms with Crippen molar-refractivity contribution in [3.05, 3.63) is 60.2 Å². The summed E-state index contributed by atoms with van der Waals surface area (Å²) in [7, 11) is 0. The number of hydrogen-bond acceptors (Lipinski definition) is 4. The maximum absolute atomic E-state index is 12.7. The molecule has 1 N–H and O–H groups in total. The Morgan fingerprint density at radius 2 is 1.77 bits per heavy atom. The van der Waals surface area contributed by atoms with Crippen molar-refractivity contribution in [2.24, 2.45) is 5.92 Å². The minimum Gasteiger partial charge on any atom is -0.350 e. The van der Waals surface area contributed by atoms with Crippen molar-refractivity contribution >= 4 is 22.8 Å². The summed E-state index contributed by atoms with van der Waals surface area (Å²) in [6.45, 7) is 3.55. The second-order valence-corrected chi connectivity index (χ2v) is 7.96.